The van der Waals surface area contributed by atoms with Crippen molar-refractivity contribution in [2.24, 2.45) is 11.8 Å². The number of amides is 4. The monoisotopic (exact) mass is 843 g/mol. The fraction of sp³-hybridized carbons (Fsp3) is 0.658. The van der Waals surface area contributed by atoms with Gasteiger partial charge in [0.1, 0.15) is 35.2 Å². The summed E-state index contributed by atoms with van der Waals surface area (Å²) in [6.45, 7) is 11.4. The fourth-order valence-corrected chi connectivity index (χ4v) is 8.10. The van der Waals surface area contributed by atoms with Crippen LogP contribution in [0.15, 0.2) is 18.2 Å². The van der Waals surface area contributed by atoms with Gasteiger partial charge in [-0.3, -0.25) is 14.4 Å². The lowest BCUT2D eigenvalue weighted by atomic mass is 10.0. The fourth-order valence-electron chi connectivity index (χ4n) is 6.95. The molecular weight excluding hydrogens is 792 g/mol. The molecule has 2 heterocycles. The Labute approximate surface area is 335 Å². The topological polar surface area (TPSA) is 201 Å². The summed E-state index contributed by atoms with van der Waals surface area (Å²) in [6, 6.07) is 2.20. The molecule has 1 saturated heterocycles. The molecule has 322 valence electrons. The summed E-state index contributed by atoms with van der Waals surface area (Å²) in [4.78, 5) is 61.0. The smallest absolute Gasteiger partial charge is 0.427 e. The van der Waals surface area contributed by atoms with Crippen LogP contribution in [0, 0.1) is 18.8 Å². The third-order valence-corrected chi connectivity index (χ3v) is 11.9. The number of likely N-dealkylation sites (tertiary alicyclic amines) is 1. The highest BCUT2D eigenvalue weighted by atomic mass is 32.2. The normalized spacial score (nSPS) is 23.2. The molecule has 5 atom stereocenters. The van der Waals surface area contributed by atoms with Crippen LogP contribution in [-0.2, 0) is 33.6 Å². The van der Waals surface area contributed by atoms with Crippen LogP contribution in [0.2, 0.25) is 0 Å². The number of nitrogens with one attached hydrogen (secondary N) is 3. The molecule has 20 heteroatoms. The van der Waals surface area contributed by atoms with Gasteiger partial charge in [-0.2, -0.15) is 21.6 Å². The second-order valence-electron chi connectivity index (χ2n) is 16.1. The standard InChI is InChI=1S/C38H52F3N5O11S/c1-10-22-18-37(22,33(49)45-58(51,52)57-36(8)14-15-36)44-31(47)25-16-23(55-27-17-28(54-11-2)42-30-21(5)26(53-9)13-12-24(27)30)19-46(25)32(48)29(20(3)4)43-34(50)56-35(6,7)38(39,40)41/h12-13,17,20,22-23,25,29H,10-11,14-16,18-19H2,1-9H3,(H,43,50)(H,44,47)(H,45,49)/t22-,23-,25+,29+,37-/m1/s1. The average Bonchev–Trinajstić information content (AvgIpc) is 3.98. The highest BCUT2D eigenvalue weighted by Crippen LogP contribution is 2.47. The maximum absolute atomic E-state index is 14.4. The third kappa shape index (κ3) is 9.48. The van der Waals surface area contributed by atoms with E-state index in [1.807, 2.05) is 4.72 Å². The molecule has 5 rings (SSSR count). The maximum Gasteiger partial charge on any atom is 0.427 e. The average molecular weight is 844 g/mol. The number of alkyl carbamates (subject to hydrolysis) is 1. The number of carbonyl (C=O) groups excluding carboxylic acids is 4. The Kier molecular flexibility index (Phi) is 12.4. The number of pyridine rings is 1. The highest BCUT2D eigenvalue weighted by Gasteiger charge is 2.62. The van der Waals surface area contributed by atoms with E-state index in [0.29, 0.717) is 61.1 Å². The number of nitrogens with zero attached hydrogens (tertiary/aromatic N) is 2. The van der Waals surface area contributed by atoms with Crippen molar-refractivity contribution in [2.75, 3.05) is 20.3 Å². The first-order chi connectivity index (χ1) is 26.9. The van der Waals surface area contributed by atoms with E-state index in [1.165, 1.54) is 7.11 Å². The minimum atomic E-state index is -4.92. The molecule has 2 aliphatic carbocycles. The molecule has 1 aromatic heterocycles. The summed E-state index contributed by atoms with van der Waals surface area (Å²) >= 11 is 0. The van der Waals surface area contributed by atoms with Crippen LogP contribution in [0.25, 0.3) is 10.9 Å². The van der Waals surface area contributed by atoms with Crippen molar-refractivity contribution in [3.63, 3.8) is 0 Å². The number of alkyl halides is 3. The third-order valence-electron chi connectivity index (χ3n) is 10.8. The van der Waals surface area contributed by atoms with E-state index in [4.69, 9.17) is 18.4 Å². The number of carbonyl (C=O) groups is 4. The SMILES string of the molecule is CCOc1cc(O[C@@H]2C[C@@H](C(=O)N[C@]3(C(=O)NS(=O)(=O)OC4(C)CC4)C[C@H]3CC)N(C(=O)[C@@H](NC(=O)OC(C)(C)C(F)(F)F)C(C)C)C2)c2ccc(OC)c(C)c2n1. The number of halogens is 3. The van der Waals surface area contributed by atoms with Crippen LogP contribution in [0.3, 0.4) is 0 Å². The molecule has 1 aromatic carbocycles. The predicted molar refractivity (Wildman–Crippen MR) is 202 cm³/mol. The molecule has 0 unspecified atom stereocenters. The van der Waals surface area contributed by atoms with Crippen LogP contribution in [0.1, 0.15) is 86.1 Å². The number of ether oxygens (including phenoxy) is 4. The van der Waals surface area contributed by atoms with Gasteiger partial charge in [-0.1, -0.05) is 27.2 Å². The zero-order valence-electron chi connectivity index (χ0n) is 34.0. The quantitative estimate of drug-likeness (QED) is 0.212. The van der Waals surface area contributed by atoms with Crippen LogP contribution >= 0.6 is 0 Å². The number of hydrogen-bond acceptors (Lipinski definition) is 12. The van der Waals surface area contributed by atoms with Crippen molar-refractivity contribution in [2.45, 2.75) is 129 Å². The summed E-state index contributed by atoms with van der Waals surface area (Å²) in [7, 11) is -3.03. The van der Waals surface area contributed by atoms with Crippen molar-refractivity contribution in [1.29, 1.82) is 0 Å². The summed E-state index contributed by atoms with van der Waals surface area (Å²) in [6.07, 6.45) is -6.03. The van der Waals surface area contributed by atoms with E-state index in [2.05, 4.69) is 20.4 Å². The Morgan fingerprint density at radius 1 is 1.09 bits per heavy atom. The Hall–Kier alpha value is -4.59. The zero-order valence-corrected chi connectivity index (χ0v) is 34.8. The lowest BCUT2D eigenvalue weighted by molar-refractivity contribution is -0.244. The summed E-state index contributed by atoms with van der Waals surface area (Å²) in [5.41, 5.74) is -4.29. The minimum Gasteiger partial charge on any atom is -0.496 e. The van der Waals surface area contributed by atoms with Gasteiger partial charge >= 0.3 is 22.6 Å². The molecule has 16 nitrogen and oxygen atoms in total. The molecule has 0 spiro atoms. The molecule has 0 radical (unpaired) electrons. The largest absolute Gasteiger partial charge is 0.496 e. The van der Waals surface area contributed by atoms with Crippen molar-refractivity contribution in [3.8, 4) is 17.4 Å². The number of hydrogen-bond donors (Lipinski definition) is 3. The lowest BCUT2D eigenvalue weighted by Crippen LogP contribution is -2.59. The molecule has 58 heavy (non-hydrogen) atoms. The number of methoxy groups -OCH3 is 1. The van der Waals surface area contributed by atoms with Gasteiger partial charge < -0.3 is 34.5 Å². The Bertz CT molecular complexity index is 2040. The first-order valence-corrected chi connectivity index (χ1v) is 20.5. The van der Waals surface area contributed by atoms with Crippen molar-refractivity contribution < 1.29 is 63.9 Å². The van der Waals surface area contributed by atoms with Gasteiger partial charge in [-0.25, -0.2) is 18.7 Å². The van der Waals surface area contributed by atoms with Gasteiger partial charge in [-0.15, -0.1) is 0 Å². The first kappa shape index (κ1) is 44.5. The molecule has 3 aliphatic rings. The molecule has 0 bridgehead atoms. The Balaban J connectivity index is 1.47. The zero-order chi connectivity index (χ0) is 43.2. The Morgan fingerprint density at radius 2 is 1.76 bits per heavy atom. The number of rotatable bonds is 16. The first-order valence-electron chi connectivity index (χ1n) is 19.1. The minimum absolute atomic E-state index is 0.0947. The van der Waals surface area contributed by atoms with Crippen molar-refractivity contribution in [3.05, 3.63) is 23.8 Å². The van der Waals surface area contributed by atoms with Crippen LogP contribution in [0.5, 0.6) is 17.4 Å². The van der Waals surface area contributed by atoms with E-state index < -0.39 is 87.1 Å². The summed E-state index contributed by atoms with van der Waals surface area (Å²) < 4.78 is 95.8. The van der Waals surface area contributed by atoms with E-state index in [1.54, 1.807) is 59.7 Å². The van der Waals surface area contributed by atoms with E-state index in [-0.39, 0.29) is 31.9 Å². The summed E-state index contributed by atoms with van der Waals surface area (Å²) in [5.74, 6) is -2.75. The molecule has 4 amide bonds. The second kappa shape index (κ2) is 16.2. The molecule has 2 saturated carbocycles. The number of fused-ring (bicyclic) bond motifs is 1. The van der Waals surface area contributed by atoms with Gasteiger partial charge in [0.2, 0.25) is 23.3 Å². The molecule has 3 fully saturated rings. The summed E-state index contributed by atoms with van der Waals surface area (Å²) in [5, 5.41) is 5.52. The van der Waals surface area contributed by atoms with Gasteiger partial charge in [0.25, 0.3) is 5.91 Å². The highest BCUT2D eigenvalue weighted by molar-refractivity contribution is 7.85. The van der Waals surface area contributed by atoms with Crippen LogP contribution in [0.4, 0.5) is 18.0 Å². The van der Waals surface area contributed by atoms with Gasteiger partial charge in [-0.05, 0) is 77.8 Å². The molecule has 3 N–H and O–H groups in total. The van der Waals surface area contributed by atoms with Gasteiger partial charge in [0.05, 0.1) is 31.4 Å². The molecule has 1 aliphatic heterocycles. The van der Waals surface area contributed by atoms with Gasteiger partial charge in [0, 0.05) is 23.4 Å². The number of benzene rings is 1. The van der Waals surface area contributed by atoms with Crippen molar-refractivity contribution in [1.82, 2.24) is 25.2 Å². The number of aryl methyl sites for hydroxylation is 1. The van der Waals surface area contributed by atoms with E-state index >= 15 is 0 Å². The number of aromatic nitrogens is 1. The van der Waals surface area contributed by atoms with Crippen LogP contribution < -0.4 is 29.6 Å². The second-order valence-corrected chi connectivity index (χ2v) is 17.4. The Morgan fingerprint density at radius 3 is 2.31 bits per heavy atom. The predicted octanol–water partition coefficient (Wildman–Crippen LogP) is 4.61. The maximum atomic E-state index is 14.4. The lowest BCUT2D eigenvalue weighted by Gasteiger charge is -2.32. The molecular formula is C38H52F3N5O11S. The van der Waals surface area contributed by atoms with E-state index in [9.17, 15) is 40.8 Å². The van der Waals surface area contributed by atoms with Gasteiger partial charge in [0.15, 0.2) is 0 Å². The van der Waals surface area contributed by atoms with Crippen LogP contribution in [-0.4, -0.2) is 103 Å². The van der Waals surface area contributed by atoms with E-state index in [0.717, 1.165) is 4.90 Å². The molecule has 2 aromatic rings. The van der Waals surface area contributed by atoms with Crippen molar-refractivity contribution >= 4 is 45.0 Å².